The van der Waals surface area contributed by atoms with Gasteiger partial charge in [-0.1, -0.05) is 25.5 Å². The smallest absolute Gasteiger partial charge is 0.231 e. The summed E-state index contributed by atoms with van der Waals surface area (Å²) in [4.78, 5) is 16.6. The minimum Gasteiger partial charge on any atom is -0.454 e. The van der Waals surface area contributed by atoms with E-state index >= 15 is 0 Å². The molecule has 5 nitrogen and oxygen atoms in total. The van der Waals surface area contributed by atoms with Gasteiger partial charge in [-0.25, -0.2) is 0 Å². The average Bonchev–Trinajstić information content (AvgIpc) is 2.96. The van der Waals surface area contributed by atoms with E-state index in [1.54, 1.807) is 0 Å². The van der Waals surface area contributed by atoms with Crippen molar-refractivity contribution in [1.82, 2.24) is 4.90 Å². The Balaban J connectivity index is 1.31. The highest BCUT2D eigenvalue weighted by Gasteiger charge is 2.61. The number of ether oxygens (including phenoxy) is 2. The standard InChI is InChI=1S/C22H30N2O3/c1-15(2)11-17-20(22(17,3)4)21(25)24-9-7-23(8-10-24)13-16-5-6-18-19(12-16)27-14-26-18/h5-6,11-12,17,20H,7-10,13-14H2,1-4H3/p+1/t17-,20+/m1/s1. The summed E-state index contributed by atoms with van der Waals surface area (Å²) >= 11 is 0. The first-order valence-corrected chi connectivity index (χ1v) is 10.0. The molecule has 1 aromatic carbocycles. The number of fused-ring (bicyclic) bond motifs is 1. The highest BCUT2D eigenvalue weighted by Crippen LogP contribution is 2.60. The van der Waals surface area contributed by atoms with Crippen LogP contribution in [0.5, 0.6) is 11.5 Å². The van der Waals surface area contributed by atoms with E-state index < -0.39 is 0 Å². The highest BCUT2D eigenvalue weighted by molar-refractivity contribution is 5.84. The number of carbonyl (C=O) groups excluding carboxylic acids is 1. The molecule has 146 valence electrons. The Kier molecular flexibility index (Phi) is 4.66. The van der Waals surface area contributed by atoms with Gasteiger partial charge in [0, 0.05) is 5.56 Å². The monoisotopic (exact) mass is 371 g/mol. The molecule has 2 fully saturated rings. The van der Waals surface area contributed by atoms with Gasteiger partial charge < -0.3 is 19.3 Å². The first-order valence-electron chi connectivity index (χ1n) is 10.0. The van der Waals surface area contributed by atoms with Crippen LogP contribution in [-0.4, -0.2) is 43.8 Å². The van der Waals surface area contributed by atoms with E-state index in [0.29, 0.717) is 18.6 Å². The summed E-state index contributed by atoms with van der Waals surface area (Å²) in [6.07, 6.45) is 2.28. The van der Waals surface area contributed by atoms with Gasteiger partial charge in [0.15, 0.2) is 11.5 Å². The molecule has 1 saturated heterocycles. The van der Waals surface area contributed by atoms with Crippen molar-refractivity contribution in [2.45, 2.75) is 34.2 Å². The fourth-order valence-corrected chi connectivity index (χ4v) is 4.58. The molecule has 0 radical (unpaired) electrons. The van der Waals surface area contributed by atoms with Crippen LogP contribution in [0.15, 0.2) is 29.8 Å². The summed E-state index contributed by atoms with van der Waals surface area (Å²) in [7, 11) is 0. The molecule has 2 heterocycles. The molecule has 1 aromatic rings. The number of benzene rings is 1. The second-order valence-electron chi connectivity index (χ2n) is 9.01. The topological polar surface area (TPSA) is 43.2 Å². The van der Waals surface area contributed by atoms with Crippen LogP contribution < -0.4 is 14.4 Å². The van der Waals surface area contributed by atoms with Crippen molar-refractivity contribution in [3.8, 4) is 11.5 Å². The van der Waals surface area contributed by atoms with Gasteiger partial charge in [0.25, 0.3) is 0 Å². The third-order valence-electron chi connectivity index (χ3n) is 6.36. The van der Waals surface area contributed by atoms with Gasteiger partial charge in [0.05, 0.1) is 32.1 Å². The lowest BCUT2D eigenvalue weighted by Crippen LogP contribution is -3.13. The number of nitrogens with zero attached hydrogens (tertiary/aromatic N) is 1. The summed E-state index contributed by atoms with van der Waals surface area (Å²) in [5, 5.41) is 0. The van der Waals surface area contributed by atoms with Crippen molar-refractivity contribution in [2.75, 3.05) is 33.0 Å². The number of rotatable bonds is 4. The van der Waals surface area contributed by atoms with E-state index in [4.69, 9.17) is 9.47 Å². The summed E-state index contributed by atoms with van der Waals surface area (Å²) < 4.78 is 10.9. The van der Waals surface area contributed by atoms with Gasteiger partial charge in [0.2, 0.25) is 12.7 Å². The van der Waals surface area contributed by atoms with E-state index in [1.807, 2.05) is 6.07 Å². The van der Waals surface area contributed by atoms with Crippen LogP contribution in [0.3, 0.4) is 0 Å². The van der Waals surface area contributed by atoms with Gasteiger partial charge in [0.1, 0.15) is 6.54 Å². The van der Waals surface area contributed by atoms with Gasteiger partial charge in [-0.3, -0.25) is 4.79 Å². The number of carbonyl (C=O) groups is 1. The third-order valence-corrected chi connectivity index (χ3v) is 6.36. The van der Waals surface area contributed by atoms with E-state index in [1.165, 1.54) is 16.0 Å². The minimum absolute atomic E-state index is 0.102. The molecule has 0 aromatic heterocycles. The van der Waals surface area contributed by atoms with Crippen LogP contribution in [-0.2, 0) is 11.3 Å². The fourth-order valence-electron chi connectivity index (χ4n) is 4.58. The Morgan fingerprint density at radius 2 is 1.93 bits per heavy atom. The van der Waals surface area contributed by atoms with Crippen molar-refractivity contribution >= 4 is 5.91 Å². The maximum atomic E-state index is 13.0. The second kappa shape index (κ2) is 6.86. The molecular formula is C22H31N2O3+. The van der Waals surface area contributed by atoms with Crippen molar-refractivity contribution in [3.63, 3.8) is 0 Å². The minimum atomic E-state index is 0.102. The zero-order chi connectivity index (χ0) is 19.2. The molecule has 0 bridgehead atoms. The normalized spacial score (nSPS) is 26.0. The van der Waals surface area contributed by atoms with Crippen molar-refractivity contribution in [2.24, 2.45) is 17.3 Å². The molecule has 2 aliphatic heterocycles. The lowest BCUT2D eigenvalue weighted by Gasteiger charge is -2.32. The van der Waals surface area contributed by atoms with Gasteiger partial charge in [-0.15, -0.1) is 0 Å². The van der Waals surface area contributed by atoms with Crippen LogP contribution in [0.2, 0.25) is 0 Å². The van der Waals surface area contributed by atoms with Crippen molar-refractivity contribution in [1.29, 1.82) is 0 Å². The molecule has 0 unspecified atom stereocenters. The lowest BCUT2D eigenvalue weighted by molar-refractivity contribution is -0.917. The summed E-state index contributed by atoms with van der Waals surface area (Å²) in [5.74, 6) is 2.59. The molecular weight excluding hydrogens is 340 g/mol. The molecule has 1 amide bonds. The summed E-state index contributed by atoms with van der Waals surface area (Å²) in [5.41, 5.74) is 2.67. The SMILES string of the molecule is CC(C)=C[C@@H]1[C@@H](C(=O)N2CC[NH+](Cc3ccc4c(c3)OCO4)CC2)C1(C)C. The maximum Gasteiger partial charge on any atom is 0.231 e. The van der Waals surface area contributed by atoms with Crippen molar-refractivity contribution < 1.29 is 19.2 Å². The molecule has 4 rings (SSSR count). The first-order chi connectivity index (χ1) is 12.9. The number of piperazine rings is 1. The quantitative estimate of drug-likeness (QED) is 0.822. The Bertz CT molecular complexity index is 759. The van der Waals surface area contributed by atoms with E-state index in [2.05, 4.69) is 50.8 Å². The summed E-state index contributed by atoms with van der Waals surface area (Å²) in [6.45, 7) is 13.7. The van der Waals surface area contributed by atoms with Gasteiger partial charge >= 0.3 is 0 Å². The third kappa shape index (κ3) is 3.57. The number of hydrogen-bond donors (Lipinski definition) is 1. The van der Waals surface area contributed by atoms with E-state index in [0.717, 1.165) is 44.2 Å². The molecule has 1 saturated carbocycles. The highest BCUT2D eigenvalue weighted by atomic mass is 16.7. The number of quaternary nitrogens is 1. The first kappa shape index (κ1) is 18.4. The van der Waals surface area contributed by atoms with Crippen molar-refractivity contribution in [3.05, 3.63) is 35.4 Å². The van der Waals surface area contributed by atoms with E-state index in [-0.39, 0.29) is 11.3 Å². The lowest BCUT2D eigenvalue weighted by atomic mass is 10.1. The Morgan fingerprint density at radius 1 is 1.22 bits per heavy atom. The van der Waals surface area contributed by atoms with Crippen LogP contribution in [0.1, 0.15) is 33.3 Å². The predicted molar refractivity (Wildman–Crippen MR) is 104 cm³/mol. The maximum absolute atomic E-state index is 13.0. The number of nitrogens with one attached hydrogen (secondary N) is 1. The molecule has 1 aliphatic carbocycles. The average molecular weight is 372 g/mol. The Morgan fingerprint density at radius 3 is 2.63 bits per heavy atom. The van der Waals surface area contributed by atoms with Gasteiger partial charge in [-0.2, -0.15) is 0 Å². The summed E-state index contributed by atoms with van der Waals surface area (Å²) in [6, 6.07) is 6.20. The predicted octanol–water partition coefficient (Wildman–Crippen LogP) is 1.88. The molecule has 5 heteroatoms. The number of allylic oxidation sites excluding steroid dienone is 2. The van der Waals surface area contributed by atoms with Crippen LogP contribution in [0.4, 0.5) is 0 Å². The Labute approximate surface area is 161 Å². The largest absolute Gasteiger partial charge is 0.454 e. The molecule has 1 N–H and O–H groups in total. The van der Waals surface area contributed by atoms with Gasteiger partial charge in [-0.05, 0) is 43.4 Å². The number of hydrogen-bond acceptors (Lipinski definition) is 3. The Hall–Kier alpha value is -2.01. The van der Waals surface area contributed by atoms with Crippen LogP contribution >= 0.6 is 0 Å². The zero-order valence-electron chi connectivity index (χ0n) is 16.9. The second-order valence-corrected chi connectivity index (χ2v) is 9.01. The molecule has 0 spiro atoms. The molecule has 2 atom stereocenters. The molecule has 27 heavy (non-hydrogen) atoms. The number of amides is 1. The van der Waals surface area contributed by atoms with Crippen LogP contribution in [0, 0.1) is 17.3 Å². The van der Waals surface area contributed by atoms with E-state index in [9.17, 15) is 4.79 Å². The van der Waals surface area contributed by atoms with Crippen LogP contribution in [0.25, 0.3) is 0 Å². The molecule has 3 aliphatic rings. The zero-order valence-corrected chi connectivity index (χ0v) is 16.9. The fraction of sp³-hybridized carbons (Fsp3) is 0.591.